The molecule has 7 heteroatoms. The average Bonchev–Trinajstić information content (AvgIpc) is 2.92. The van der Waals surface area contributed by atoms with Crippen LogP contribution in [-0.2, 0) is 23.5 Å². The van der Waals surface area contributed by atoms with Crippen LogP contribution in [0.3, 0.4) is 0 Å². The van der Waals surface area contributed by atoms with Crippen LogP contribution in [0.15, 0.2) is 17.3 Å². The topological polar surface area (TPSA) is 60.0 Å². The monoisotopic (exact) mass is 311 g/mol. The number of nitrogens with one attached hydrogen (secondary N) is 1. The SMILES string of the molecule is CCc1nc(SCc2cc(Cl)cc3c2OCOC3)n[nH]1. The van der Waals surface area contributed by atoms with Crippen molar-refractivity contribution in [1.82, 2.24) is 15.2 Å². The van der Waals surface area contributed by atoms with E-state index in [0.29, 0.717) is 17.4 Å². The number of aryl methyl sites for hydroxylation is 1. The van der Waals surface area contributed by atoms with Gasteiger partial charge < -0.3 is 9.47 Å². The first-order valence-corrected chi connectivity index (χ1v) is 7.68. The number of nitrogens with zero attached hydrogens (tertiary/aromatic N) is 2. The lowest BCUT2D eigenvalue weighted by molar-refractivity contribution is -0.0168. The fourth-order valence-corrected chi connectivity index (χ4v) is 3.05. The number of ether oxygens (including phenoxy) is 2. The van der Waals surface area contributed by atoms with E-state index in [4.69, 9.17) is 21.1 Å². The van der Waals surface area contributed by atoms with Crippen LogP contribution in [0.1, 0.15) is 23.9 Å². The number of hydrogen-bond acceptors (Lipinski definition) is 5. The molecule has 0 spiro atoms. The third-order valence-electron chi connectivity index (χ3n) is 2.95. The number of fused-ring (bicyclic) bond motifs is 1. The third kappa shape index (κ3) is 2.92. The second-order valence-electron chi connectivity index (χ2n) is 4.37. The van der Waals surface area contributed by atoms with Crippen LogP contribution in [0.25, 0.3) is 0 Å². The lowest BCUT2D eigenvalue weighted by atomic mass is 10.1. The number of thioether (sulfide) groups is 1. The van der Waals surface area contributed by atoms with E-state index >= 15 is 0 Å². The van der Waals surface area contributed by atoms with Crippen molar-refractivity contribution in [2.75, 3.05) is 6.79 Å². The standard InChI is InChI=1S/C13H14ClN3O2S/c1-2-11-15-13(17-16-11)20-6-9-4-10(14)3-8-5-18-7-19-12(8)9/h3-4H,2,5-7H2,1H3,(H,15,16,17). The number of aromatic nitrogens is 3. The highest BCUT2D eigenvalue weighted by Crippen LogP contribution is 2.34. The van der Waals surface area contributed by atoms with Gasteiger partial charge in [0.25, 0.3) is 0 Å². The van der Waals surface area contributed by atoms with Crippen molar-refractivity contribution in [2.45, 2.75) is 30.9 Å². The summed E-state index contributed by atoms with van der Waals surface area (Å²) in [5.41, 5.74) is 2.03. The first-order valence-electron chi connectivity index (χ1n) is 6.32. The number of H-pyrrole nitrogens is 1. The van der Waals surface area contributed by atoms with Crippen LogP contribution in [0.5, 0.6) is 5.75 Å². The fraction of sp³-hybridized carbons (Fsp3) is 0.385. The summed E-state index contributed by atoms with van der Waals surface area (Å²) >= 11 is 7.69. The molecule has 3 rings (SSSR count). The van der Waals surface area contributed by atoms with Gasteiger partial charge in [-0.1, -0.05) is 30.3 Å². The van der Waals surface area contributed by atoms with Crippen LogP contribution in [0, 0.1) is 0 Å². The van der Waals surface area contributed by atoms with E-state index < -0.39 is 0 Å². The van der Waals surface area contributed by atoms with E-state index in [9.17, 15) is 0 Å². The molecule has 0 amide bonds. The minimum atomic E-state index is 0.285. The van der Waals surface area contributed by atoms with Crippen molar-refractivity contribution >= 4 is 23.4 Å². The Morgan fingerprint density at radius 1 is 1.45 bits per heavy atom. The van der Waals surface area contributed by atoms with Crippen LogP contribution in [0.4, 0.5) is 0 Å². The predicted octanol–water partition coefficient (Wildman–Crippen LogP) is 3.18. The van der Waals surface area contributed by atoms with Gasteiger partial charge in [0.15, 0.2) is 6.79 Å². The molecule has 0 saturated heterocycles. The molecule has 1 N–H and O–H groups in total. The van der Waals surface area contributed by atoms with Crippen LogP contribution in [-0.4, -0.2) is 22.0 Å². The van der Waals surface area contributed by atoms with Gasteiger partial charge in [0.1, 0.15) is 11.6 Å². The molecule has 0 radical (unpaired) electrons. The Morgan fingerprint density at radius 3 is 3.15 bits per heavy atom. The number of aromatic amines is 1. The Morgan fingerprint density at radius 2 is 2.35 bits per heavy atom. The van der Waals surface area contributed by atoms with Gasteiger partial charge in [-0.3, -0.25) is 5.10 Å². The van der Waals surface area contributed by atoms with Crippen LogP contribution >= 0.6 is 23.4 Å². The molecule has 0 saturated carbocycles. The minimum absolute atomic E-state index is 0.285. The van der Waals surface area contributed by atoms with Crippen molar-refractivity contribution in [1.29, 1.82) is 0 Å². The van der Waals surface area contributed by atoms with Gasteiger partial charge in [0.05, 0.1) is 6.61 Å². The molecule has 1 aromatic heterocycles. The van der Waals surface area contributed by atoms with Crippen molar-refractivity contribution in [2.24, 2.45) is 0 Å². The summed E-state index contributed by atoms with van der Waals surface area (Å²) in [4.78, 5) is 4.38. The van der Waals surface area contributed by atoms with Crippen LogP contribution in [0.2, 0.25) is 5.02 Å². The van der Waals surface area contributed by atoms with Gasteiger partial charge in [-0.05, 0) is 12.1 Å². The summed E-state index contributed by atoms with van der Waals surface area (Å²) < 4.78 is 10.9. The summed E-state index contributed by atoms with van der Waals surface area (Å²) in [6.45, 7) is 2.86. The highest BCUT2D eigenvalue weighted by Gasteiger charge is 2.17. The van der Waals surface area contributed by atoms with Crippen molar-refractivity contribution in [3.05, 3.63) is 34.1 Å². The number of halogens is 1. The lowest BCUT2D eigenvalue weighted by Gasteiger charge is -2.20. The largest absolute Gasteiger partial charge is 0.467 e. The van der Waals surface area contributed by atoms with Crippen LogP contribution < -0.4 is 4.74 Å². The number of hydrogen-bond donors (Lipinski definition) is 1. The maximum Gasteiger partial charge on any atom is 0.208 e. The average molecular weight is 312 g/mol. The Bertz CT molecular complexity index is 618. The summed E-state index contributed by atoms with van der Waals surface area (Å²) in [7, 11) is 0. The van der Waals surface area contributed by atoms with E-state index in [1.165, 1.54) is 0 Å². The fourth-order valence-electron chi connectivity index (χ4n) is 2.01. The number of rotatable bonds is 4. The zero-order chi connectivity index (χ0) is 13.9. The highest BCUT2D eigenvalue weighted by molar-refractivity contribution is 7.98. The first-order chi connectivity index (χ1) is 9.76. The molecule has 1 aliphatic heterocycles. The van der Waals surface area contributed by atoms with Gasteiger partial charge in [-0.25, -0.2) is 4.98 Å². The third-order valence-corrected chi connectivity index (χ3v) is 4.07. The summed E-state index contributed by atoms with van der Waals surface area (Å²) in [6.07, 6.45) is 0.848. The molecule has 2 heterocycles. The van der Waals surface area contributed by atoms with Gasteiger partial charge in [-0.2, -0.15) is 0 Å². The van der Waals surface area contributed by atoms with Gasteiger partial charge in [0, 0.05) is 28.3 Å². The van der Waals surface area contributed by atoms with E-state index in [-0.39, 0.29) is 6.79 Å². The van der Waals surface area contributed by atoms with E-state index in [1.807, 2.05) is 19.1 Å². The Hall–Kier alpha value is -1.24. The normalized spacial score (nSPS) is 13.9. The Labute approximate surface area is 126 Å². The van der Waals surface area contributed by atoms with E-state index in [1.54, 1.807) is 11.8 Å². The predicted molar refractivity (Wildman–Crippen MR) is 77.1 cm³/mol. The maximum absolute atomic E-state index is 6.13. The molecule has 0 unspecified atom stereocenters. The zero-order valence-electron chi connectivity index (χ0n) is 11.0. The van der Waals surface area contributed by atoms with E-state index in [0.717, 1.165) is 34.3 Å². The van der Waals surface area contributed by atoms with Crippen molar-refractivity contribution in [3.63, 3.8) is 0 Å². The molecule has 106 valence electrons. The summed E-state index contributed by atoms with van der Waals surface area (Å²) in [5, 5.41) is 8.50. The molecule has 20 heavy (non-hydrogen) atoms. The summed E-state index contributed by atoms with van der Waals surface area (Å²) in [5.74, 6) is 2.48. The molecule has 2 aromatic rings. The van der Waals surface area contributed by atoms with Crippen molar-refractivity contribution in [3.8, 4) is 5.75 Å². The van der Waals surface area contributed by atoms with E-state index in [2.05, 4.69) is 15.2 Å². The Balaban J connectivity index is 1.78. The molecule has 0 aliphatic carbocycles. The van der Waals surface area contributed by atoms with Gasteiger partial charge in [0.2, 0.25) is 5.16 Å². The molecule has 0 bridgehead atoms. The smallest absolute Gasteiger partial charge is 0.208 e. The first kappa shape index (κ1) is 13.7. The molecule has 1 aliphatic rings. The maximum atomic E-state index is 6.13. The second-order valence-corrected chi connectivity index (χ2v) is 5.75. The lowest BCUT2D eigenvalue weighted by Crippen LogP contribution is -2.12. The van der Waals surface area contributed by atoms with Crippen molar-refractivity contribution < 1.29 is 9.47 Å². The van der Waals surface area contributed by atoms with Gasteiger partial charge >= 0.3 is 0 Å². The van der Waals surface area contributed by atoms with Gasteiger partial charge in [-0.15, -0.1) is 5.10 Å². The molecule has 0 fully saturated rings. The molecular weight excluding hydrogens is 298 g/mol. The Kier molecular flexibility index (Phi) is 4.14. The molecule has 1 aromatic carbocycles. The molecule has 5 nitrogen and oxygen atoms in total. The second kappa shape index (κ2) is 6.03. The minimum Gasteiger partial charge on any atom is -0.467 e. The highest BCUT2D eigenvalue weighted by atomic mass is 35.5. The molecule has 0 atom stereocenters. The summed E-state index contributed by atoms with van der Waals surface area (Å²) in [6, 6.07) is 3.80. The quantitative estimate of drug-likeness (QED) is 0.879. The number of benzene rings is 1. The molecular formula is C13H14ClN3O2S. The zero-order valence-corrected chi connectivity index (χ0v) is 12.6.